The Morgan fingerprint density at radius 2 is 2.15 bits per heavy atom. The second kappa shape index (κ2) is 4.28. The minimum Gasteiger partial charge on any atom is -0.432 e. The summed E-state index contributed by atoms with van der Waals surface area (Å²) in [6.07, 6.45) is 1.09. The molecule has 0 spiro atoms. The van der Waals surface area contributed by atoms with Crippen molar-refractivity contribution in [2.45, 2.75) is 50.2 Å². The molecule has 20 heavy (non-hydrogen) atoms. The van der Waals surface area contributed by atoms with Crippen LogP contribution >= 0.6 is 0 Å². The van der Waals surface area contributed by atoms with E-state index < -0.39 is 24.5 Å². The van der Waals surface area contributed by atoms with E-state index in [0.29, 0.717) is 0 Å². The third-order valence-electron chi connectivity index (χ3n) is 4.37. The Labute approximate surface area is 114 Å². The van der Waals surface area contributed by atoms with Crippen molar-refractivity contribution in [1.29, 1.82) is 0 Å². The zero-order chi connectivity index (χ0) is 13.9. The fraction of sp³-hybridized carbons (Fsp3) is 0.692. The third-order valence-corrected chi connectivity index (χ3v) is 4.37. The standard InChI is InChI=1S/C13H16N2O5/c16-5-8-10(17)9-12(19-8)20-13-14-7-4-2-1-3-6(7)11(18)15(9)13/h8-10,12,16-17H,1-5H2/t8-,9+,10-,12+/m1/s1. The number of aryl methyl sites for hydroxylation is 1. The quantitative estimate of drug-likeness (QED) is 0.695. The van der Waals surface area contributed by atoms with Crippen molar-refractivity contribution >= 4 is 0 Å². The maximum absolute atomic E-state index is 12.6. The van der Waals surface area contributed by atoms with E-state index in [1.54, 1.807) is 0 Å². The number of fused-ring (bicyclic) bond motifs is 4. The van der Waals surface area contributed by atoms with Gasteiger partial charge in [0.2, 0.25) is 6.29 Å². The van der Waals surface area contributed by atoms with Crippen LogP contribution in [0.4, 0.5) is 0 Å². The predicted octanol–water partition coefficient (Wildman–Crippen LogP) is -0.866. The average molecular weight is 280 g/mol. The summed E-state index contributed by atoms with van der Waals surface area (Å²) in [5.41, 5.74) is 1.39. The number of aromatic nitrogens is 2. The lowest BCUT2D eigenvalue weighted by Crippen LogP contribution is -2.36. The number of rotatable bonds is 1. The average Bonchev–Trinajstić information content (AvgIpc) is 2.96. The Hall–Kier alpha value is -1.44. The summed E-state index contributed by atoms with van der Waals surface area (Å²) in [7, 11) is 0. The number of aliphatic hydroxyl groups excluding tert-OH is 2. The fourth-order valence-electron chi connectivity index (χ4n) is 3.33. The molecule has 0 amide bonds. The van der Waals surface area contributed by atoms with Crippen LogP contribution in [0, 0.1) is 0 Å². The van der Waals surface area contributed by atoms with E-state index >= 15 is 0 Å². The van der Waals surface area contributed by atoms with Gasteiger partial charge in [0.25, 0.3) is 5.56 Å². The molecule has 1 aromatic rings. The van der Waals surface area contributed by atoms with Gasteiger partial charge >= 0.3 is 6.01 Å². The number of hydrogen-bond donors (Lipinski definition) is 2. The molecule has 108 valence electrons. The lowest BCUT2D eigenvalue weighted by atomic mass is 9.97. The first-order chi connectivity index (χ1) is 9.70. The minimum atomic E-state index is -0.965. The van der Waals surface area contributed by atoms with Crippen molar-refractivity contribution in [1.82, 2.24) is 9.55 Å². The molecule has 0 unspecified atom stereocenters. The molecule has 7 nitrogen and oxygen atoms in total. The predicted molar refractivity (Wildman–Crippen MR) is 66.6 cm³/mol. The van der Waals surface area contributed by atoms with Gasteiger partial charge < -0.3 is 19.7 Å². The van der Waals surface area contributed by atoms with Gasteiger partial charge in [-0.2, -0.15) is 0 Å². The molecule has 7 heteroatoms. The van der Waals surface area contributed by atoms with Gasteiger partial charge in [-0.15, -0.1) is 0 Å². The van der Waals surface area contributed by atoms with Crippen LogP contribution in [0.5, 0.6) is 6.01 Å². The molecule has 2 N–H and O–H groups in total. The lowest BCUT2D eigenvalue weighted by molar-refractivity contribution is -0.0912. The summed E-state index contributed by atoms with van der Waals surface area (Å²) in [4.78, 5) is 17.0. The highest BCUT2D eigenvalue weighted by atomic mass is 16.7. The Bertz CT molecular complexity index is 614. The largest absolute Gasteiger partial charge is 0.432 e. The summed E-state index contributed by atoms with van der Waals surface area (Å²) in [5, 5.41) is 19.3. The zero-order valence-corrected chi connectivity index (χ0v) is 10.9. The molecule has 4 atom stereocenters. The van der Waals surface area contributed by atoms with Crippen molar-refractivity contribution in [2.24, 2.45) is 0 Å². The number of nitrogens with zero attached hydrogens (tertiary/aromatic N) is 2. The first-order valence-electron chi connectivity index (χ1n) is 6.96. The van der Waals surface area contributed by atoms with E-state index in [1.807, 2.05) is 0 Å². The molecule has 3 aliphatic rings. The maximum atomic E-state index is 12.6. The second-order valence-corrected chi connectivity index (χ2v) is 5.53. The molecule has 2 aliphatic heterocycles. The number of hydrogen-bond acceptors (Lipinski definition) is 6. The first-order valence-corrected chi connectivity index (χ1v) is 6.96. The number of ether oxygens (including phenoxy) is 2. The van der Waals surface area contributed by atoms with Gasteiger partial charge in [0.15, 0.2) is 0 Å². The summed E-state index contributed by atoms with van der Waals surface area (Å²) in [6.45, 7) is -0.306. The van der Waals surface area contributed by atoms with Crippen molar-refractivity contribution < 1.29 is 19.7 Å². The highest BCUT2D eigenvalue weighted by molar-refractivity contribution is 5.26. The van der Waals surface area contributed by atoms with E-state index in [9.17, 15) is 9.90 Å². The monoisotopic (exact) mass is 280 g/mol. The Morgan fingerprint density at radius 1 is 1.35 bits per heavy atom. The molecule has 0 aromatic carbocycles. The molecular weight excluding hydrogens is 264 g/mol. The minimum absolute atomic E-state index is 0.140. The topological polar surface area (TPSA) is 93.8 Å². The Balaban J connectivity index is 1.83. The van der Waals surface area contributed by atoms with Crippen LogP contribution in [-0.2, 0) is 17.6 Å². The molecule has 1 aliphatic carbocycles. The van der Waals surface area contributed by atoms with Crippen LogP contribution < -0.4 is 10.3 Å². The molecule has 0 saturated carbocycles. The third kappa shape index (κ3) is 1.51. The van der Waals surface area contributed by atoms with Crippen LogP contribution in [0.25, 0.3) is 0 Å². The summed E-state index contributed by atoms with van der Waals surface area (Å²) in [5.74, 6) is 0. The Morgan fingerprint density at radius 3 is 2.95 bits per heavy atom. The smallest absolute Gasteiger partial charge is 0.302 e. The van der Waals surface area contributed by atoms with Crippen LogP contribution in [0.3, 0.4) is 0 Å². The molecule has 1 fully saturated rings. The van der Waals surface area contributed by atoms with Gasteiger partial charge in [0.1, 0.15) is 18.2 Å². The molecule has 1 aromatic heterocycles. The van der Waals surface area contributed by atoms with E-state index in [2.05, 4.69) is 4.98 Å². The highest BCUT2D eigenvalue weighted by Crippen LogP contribution is 2.39. The number of aliphatic hydroxyl groups is 2. The van der Waals surface area contributed by atoms with Crippen LogP contribution in [0.2, 0.25) is 0 Å². The molecular formula is C13H16N2O5. The van der Waals surface area contributed by atoms with Gasteiger partial charge in [-0.1, -0.05) is 0 Å². The highest BCUT2D eigenvalue weighted by Gasteiger charge is 2.52. The van der Waals surface area contributed by atoms with Crippen LogP contribution in [0.1, 0.15) is 30.1 Å². The summed E-state index contributed by atoms with van der Waals surface area (Å²) < 4.78 is 12.4. The van der Waals surface area contributed by atoms with E-state index in [0.717, 1.165) is 36.9 Å². The molecule has 1 saturated heterocycles. The SMILES string of the molecule is O=c1c2c(nc3n1[C@@H]1[C@H](O3)O[C@H](CO)[C@H]1O)CCCC2. The van der Waals surface area contributed by atoms with E-state index in [4.69, 9.17) is 14.6 Å². The molecule has 0 bridgehead atoms. The summed E-state index contributed by atoms with van der Waals surface area (Å²) in [6, 6.07) is -0.393. The molecule has 4 rings (SSSR count). The second-order valence-electron chi connectivity index (χ2n) is 5.53. The van der Waals surface area contributed by atoms with Crippen molar-refractivity contribution in [3.05, 3.63) is 21.6 Å². The van der Waals surface area contributed by atoms with Crippen molar-refractivity contribution in [3.8, 4) is 6.01 Å². The van der Waals surface area contributed by atoms with E-state index in [1.165, 1.54) is 4.57 Å². The first kappa shape index (κ1) is 12.3. The van der Waals surface area contributed by atoms with Crippen molar-refractivity contribution in [3.63, 3.8) is 0 Å². The van der Waals surface area contributed by atoms with Crippen molar-refractivity contribution in [2.75, 3.05) is 6.61 Å². The summed E-state index contributed by atoms with van der Waals surface area (Å²) >= 11 is 0. The van der Waals surface area contributed by atoms with Crippen LogP contribution in [-0.4, -0.2) is 44.9 Å². The lowest BCUT2D eigenvalue weighted by Gasteiger charge is -2.19. The maximum Gasteiger partial charge on any atom is 0.302 e. The molecule has 0 radical (unpaired) electrons. The Kier molecular flexibility index (Phi) is 2.63. The zero-order valence-electron chi connectivity index (χ0n) is 10.9. The van der Waals surface area contributed by atoms with E-state index in [-0.39, 0.29) is 18.2 Å². The van der Waals surface area contributed by atoms with Gasteiger partial charge in [-0.25, -0.2) is 9.55 Å². The van der Waals surface area contributed by atoms with Crippen LogP contribution in [0.15, 0.2) is 4.79 Å². The van der Waals surface area contributed by atoms with Gasteiger partial charge in [0.05, 0.1) is 12.3 Å². The van der Waals surface area contributed by atoms with Gasteiger partial charge in [0, 0.05) is 5.56 Å². The van der Waals surface area contributed by atoms with Gasteiger partial charge in [-0.05, 0) is 25.7 Å². The molecule has 3 heterocycles. The van der Waals surface area contributed by atoms with Gasteiger partial charge in [-0.3, -0.25) is 4.79 Å². The normalized spacial score (nSPS) is 34.3. The fourth-order valence-corrected chi connectivity index (χ4v) is 3.33.